The summed E-state index contributed by atoms with van der Waals surface area (Å²) in [5, 5.41) is 18.1. The number of carbonyl (C=O) groups excluding carboxylic acids is 1. The number of hydrogen-bond donors (Lipinski definition) is 0. The van der Waals surface area contributed by atoms with E-state index < -0.39 is 0 Å². The highest BCUT2D eigenvalue weighted by molar-refractivity contribution is 7.99. The second kappa shape index (κ2) is 9.94. The Morgan fingerprint density at radius 1 is 1.20 bits per heavy atom. The molecule has 0 unspecified atom stereocenters. The zero-order valence-corrected chi connectivity index (χ0v) is 18.0. The molecule has 7 nitrogen and oxygen atoms in total. The molecule has 3 aromatic rings. The molecule has 0 aliphatic carbocycles. The van der Waals surface area contributed by atoms with Crippen molar-refractivity contribution in [3.8, 4) is 23.2 Å². The van der Waals surface area contributed by atoms with E-state index >= 15 is 0 Å². The van der Waals surface area contributed by atoms with E-state index in [1.54, 1.807) is 12.0 Å². The molecule has 0 saturated carbocycles. The number of aryl methyl sites for hydroxylation is 1. The summed E-state index contributed by atoms with van der Waals surface area (Å²) in [6, 6.07) is 17.4. The van der Waals surface area contributed by atoms with Crippen molar-refractivity contribution in [1.82, 2.24) is 14.8 Å². The molecule has 0 bridgehead atoms. The Kier molecular flexibility index (Phi) is 7.09. The fourth-order valence-corrected chi connectivity index (χ4v) is 3.78. The van der Waals surface area contributed by atoms with Crippen molar-refractivity contribution < 1.29 is 9.53 Å². The van der Waals surface area contributed by atoms with E-state index in [1.807, 2.05) is 67.1 Å². The van der Waals surface area contributed by atoms with Gasteiger partial charge in [-0.2, -0.15) is 5.26 Å². The standard InChI is InChI=1S/C22H23N5O2S/c1-16-9-11-17(12-10-16)27(14-6-13-23)20(28)15-30-22-25-24-21(26(22)2)18-7-4-5-8-19(18)29-3/h4-5,7-12H,6,14-15H2,1-3H3. The van der Waals surface area contributed by atoms with Crippen molar-refractivity contribution in [2.45, 2.75) is 18.5 Å². The van der Waals surface area contributed by atoms with Gasteiger partial charge in [-0.25, -0.2) is 0 Å². The minimum absolute atomic E-state index is 0.0825. The lowest BCUT2D eigenvalue weighted by Gasteiger charge is -2.21. The average Bonchev–Trinajstić information content (AvgIpc) is 3.13. The van der Waals surface area contributed by atoms with Crippen LogP contribution in [-0.2, 0) is 11.8 Å². The molecule has 0 saturated heterocycles. The number of carbonyl (C=O) groups is 1. The van der Waals surface area contributed by atoms with Crippen molar-refractivity contribution in [2.24, 2.45) is 7.05 Å². The summed E-state index contributed by atoms with van der Waals surface area (Å²) in [6.07, 6.45) is 0.270. The van der Waals surface area contributed by atoms with E-state index in [-0.39, 0.29) is 18.1 Å². The quantitative estimate of drug-likeness (QED) is 0.514. The Balaban J connectivity index is 1.75. The normalized spacial score (nSPS) is 10.5. The maximum Gasteiger partial charge on any atom is 0.237 e. The van der Waals surface area contributed by atoms with Crippen LogP contribution in [0.25, 0.3) is 11.4 Å². The smallest absolute Gasteiger partial charge is 0.237 e. The Morgan fingerprint density at radius 3 is 2.63 bits per heavy atom. The first-order valence-corrected chi connectivity index (χ1v) is 10.4. The molecule has 1 heterocycles. The highest BCUT2D eigenvalue weighted by Gasteiger charge is 2.19. The molecule has 0 spiro atoms. The number of rotatable bonds is 8. The highest BCUT2D eigenvalue weighted by Crippen LogP contribution is 2.30. The zero-order chi connectivity index (χ0) is 21.5. The lowest BCUT2D eigenvalue weighted by Crippen LogP contribution is -2.33. The highest BCUT2D eigenvalue weighted by atomic mass is 32.2. The molecular weight excluding hydrogens is 398 g/mol. The Labute approximate surface area is 180 Å². The van der Waals surface area contributed by atoms with Crippen molar-refractivity contribution in [1.29, 1.82) is 5.26 Å². The maximum absolute atomic E-state index is 12.9. The second-order valence-corrected chi connectivity index (χ2v) is 7.59. The molecule has 0 fully saturated rings. The number of hydrogen-bond acceptors (Lipinski definition) is 6. The van der Waals surface area contributed by atoms with Crippen LogP contribution in [0, 0.1) is 18.3 Å². The summed E-state index contributed by atoms with van der Waals surface area (Å²) >= 11 is 1.32. The largest absolute Gasteiger partial charge is 0.496 e. The number of thioether (sulfide) groups is 1. The predicted molar refractivity (Wildman–Crippen MR) is 117 cm³/mol. The first-order chi connectivity index (χ1) is 14.5. The van der Waals surface area contributed by atoms with Gasteiger partial charge in [0.25, 0.3) is 0 Å². The first-order valence-electron chi connectivity index (χ1n) is 9.44. The van der Waals surface area contributed by atoms with Crippen LogP contribution in [0.5, 0.6) is 5.75 Å². The van der Waals surface area contributed by atoms with Gasteiger partial charge in [-0.15, -0.1) is 10.2 Å². The number of ether oxygens (including phenoxy) is 1. The van der Waals surface area contributed by atoms with Crippen LogP contribution in [0.4, 0.5) is 5.69 Å². The Bertz CT molecular complexity index is 1060. The van der Waals surface area contributed by atoms with Crippen LogP contribution in [0.1, 0.15) is 12.0 Å². The van der Waals surface area contributed by atoms with E-state index in [0.717, 1.165) is 16.8 Å². The molecule has 3 rings (SSSR count). The van der Waals surface area contributed by atoms with Crippen molar-refractivity contribution in [3.63, 3.8) is 0 Å². The van der Waals surface area contributed by atoms with E-state index in [9.17, 15) is 4.79 Å². The first kappa shape index (κ1) is 21.4. The number of nitriles is 1. The summed E-state index contributed by atoms with van der Waals surface area (Å²) in [5.41, 5.74) is 2.74. The van der Waals surface area contributed by atoms with Gasteiger partial charge >= 0.3 is 0 Å². The SMILES string of the molecule is COc1ccccc1-c1nnc(SCC(=O)N(CCC#N)c2ccc(C)cc2)n1C. The van der Waals surface area contributed by atoms with Gasteiger partial charge in [0, 0.05) is 19.3 Å². The molecule has 0 N–H and O–H groups in total. The Morgan fingerprint density at radius 2 is 1.93 bits per heavy atom. The van der Waals surface area contributed by atoms with Crippen LogP contribution in [0.15, 0.2) is 53.7 Å². The lowest BCUT2D eigenvalue weighted by atomic mass is 10.2. The van der Waals surface area contributed by atoms with Crippen LogP contribution in [-0.4, -0.2) is 40.1 Å². The molecule has 0 atom stereocenters. The summed E-state index contributed by atoms with van der Waals surface area (Å²) in [4.78, 5) is 14.6. The molecule has 30 heavy (non-hydrogen) atoms. The number of nitrogens with zero attached hydrogens (tertiary/aromatic N) is 5. The fourth-order valence-electron chi connectivity index (χ4n) is 2.99. The molecular formula is C22H23N5O2S. The minimum atomic E-state index is -0.0825. The summed E-state index contributed by atoms with van der Waals surface area (Å²) in [5.74, 6) is 1.49. The average molecular weight is 422 g/mol. The van der Waals surface area contributed by atoms with Gasteiger partial charge in [0.2, 0.25) is 5.91 Å². The van der Waals surface area contributed by atoms with Crippen molar-refractivity contribution in [3.05, 3.63) is 54.1 Å². The lowest BCUT2D eigenvalue weighted by molar-refractivity contribution is -0.116. The zero-order valence-electron chi connectivity index (χ0n) is 17.2. The maximum atomic E-state index is 12.9. The predicted octanol–water partition coefficient (Wildman–Crippen LogP) is 3.84. The van der Waals surface area contributed by atoms with E-state index in [4.69, 9.17) is 10.00 Å². The third kappa shape index (κ3) is 4.81. The van der Waals surface area contributed by atoms with Gasteiger partial charge in [0.1, 0.15) is 5.75 Å². The van der Waals surface area contributed by atoms with E-state index in [0.29, 0.717) is 23.3 Å². The molecule has 8 heteroatoms. The van der Waals surface area contributed by atoms with Gasteiger partial charge < -0.3 is 14.2 Å². The summed E-state index contributed by atoms with van der Waals surface area (Å²) in [7, 11) is 3.48. The van der Waals surface area contributed by atoms with Crippen LogP contribution in [0.3, 0.4) is 0 Å². The monoisotopic (exact) mass is 421 g/mol. The van der Waals surface area contributed by atoms with Crippen LogP contribution in [0.2, 0.25) is 0 Å². The molecule has 1 aromatic heterocycles. The molecule has 0 radical (unpaired) electrons. The second-order valence-electron chi connectivity index (χ2n) is 6.64. The Hall–Kier alpha value is -3.31. The van der Waals surface area contributed by atoms with Gasteiger partial charge in [-0.3, -0.25) is 4.79 Å². The van der Waals surface area contributed by atoms with E-state index in [1.165, 1.54) is 11.8 Å². The minimum Gasteiger partial charge on any atom is -0.496 e. The molecule has 0 aliphatic heterocycles. The number of amides is 1. The third-order valence-electron chi connectivity index (χ3n) is 4.60. The molecule has 2 aromatic carbocycles. The topological polar surface area (TPSA) is 84.0 Å². The fraction of sp³-hybridized carbons (Fsp3) is 0.273. The van der Waals surface area contributed by atoms with Gasteiger partial charge in [0.05, 0.1) is 30.9 Å². The number of methoxy groups -OCH3 is 1. The number of anilines is 1. The molecule has 0 aliphatic rings. The van der Waals surface area contributed by atoms with Gasteiger partial charge in [0.15, 0.2) is 11.0 Å². The molecule has 154 valence electrons. The van der Waals surface area contributed by atoms with Crippen LogP contribution >= 0.6 is 11.8 Å². The number of aromatic nitrogens is 3. The summed E-state index contributed by atoms with van der Waals surface area (Å²) < 4.78 is 7.26. The van der Waals surface area contributed by atoms with Crippen LogP contribution < -0.4 is 9.64 Å². The van der Waals surface area contributed by atoms with E-state index in [2.05, 4.69) is 16.3 Å². The third-order valence-corrected chi connectivity index (χ3v) is 5.61. The van der Waals surface area contributed by atoms with Gasteiger partial charge in [-0.1, -0.05) is 41.6 Å². The van der Waals surface area contributed by atoms with Crippen molar-refractivity contribution >= 4 is 23.4 Å². The summed E-state index contributed by atoms with van der Waals surface area (Å²) in [6.45, 7) is 2.35. The molecule has 1 amide bonds. The van der Waals surface area contributed by atoms with Crippen molar-refractivity contribution in [2.75, 3.05) is 24.3 Å². The number of para-hydroxylation sites is 1. The number of benzene rings is 2. The van der Waals surface area contributed by atoms with Gasteiger partial charge in [-0.05, 0) is 31.2 Å².